The first kappa shape index (κ1) is 20.7. The third-order valence-corrected chi connectivity index (χ3v) is 6.19. The highest BCUT2D eigenvalue weighted by Gasteiger charge is 2.18. The third-order valence-electron chi connectivity index (χ3n) is 5.12. The van der Waals surface area contributed by atoms with Crippen LogP contribution in [0.5, 0.6) is 17.2 Å². The summed E-state index contributed by atoms with van der Waals surface area (Å²) >= 11 is 1.37. The van der Waals surface area contributed by atoms with Crippen LogP contribution in [0.15, 0.2) is 52.4 Å². The van der Waals surface area contributed by atoms with Crippen molar-refractivity contribution in [2.75, 3.05) is 19.2 Å². The molecule has 0 saturated heterocycles. The molecule has 1 unspecified atom stereocenters. The Morgan fingerprint density at radius 3 is 2.91 bits per heavy atom. The van der Waals surface area contributed by atoms with E-state index in [0.29, 0.717) is 45.9 Å². The van der Waals surface area contributed by atoms with Gasteiger partial charge < -0.3 is 19.3 Å². The fourth-order valence-corrected chi connectivity index (χ4v) is 4.48. The van der Waals surface area contributed by atoms with E-state index in [1.165, 1.54) is 11.8 Å². The Labute approximate surface area is 187 Å². The minimum atomic E-state index is -0.731. The number of hydrogen-bond donors (Lipinski definition) is 1. The maximum atomic E-state index is 12.9. The minimum Gasteiger partial charge on any atom is -0.491 e. The van der Waals surface area contributed by atoms with Crippen molar-refractivity contribution >= 4 is 28.4 Å². The Morgan fingerprint density at radius 1 is 1.19 bits per heavy atom. The number of nitrogens with zero attached hydrogens (tertiary/aromatic N) is 4. The van der Waals surface area contributed by atoms with Crippen LogP contribution in [0.25, 0.3) is 16.7 Å². The molecule has 3 heterocycles. The molecule has 0 bridgehead atoms. The van der Waals surface area contributed by atoms with E-state index in [0.717, 1.165) is 11.9 Å². The Morgan fingerprint density at radius 2 is 2.03 bits per heavy atom. The lowest BCUT2D eigenvalue weighted by molar-refractivity contribution is 0.126. The average molecular weight is 455 g/mol. The number of rotatable bonds is 8. The van der Waals surface area contributed by atoms with Crippen molar-refractivity contribution in [3.8, 4) is 17.2 Å². The normalized spacial score (nSPS) is 13.7. The molecule has 2 aromatic heterocycles. The lowest BCUT2D eigenvalue weighted by Crippen LogP contribution is -2.23. The van der Waals surface area contributed by atoms with E-state index in [-0.39, 0.29) is 19.0 Å². The number of aliphatic hydroxyl groups excluding tert-OH is 1. The van der Waals surface area contributed by atoms with Crippen LogP contribution in [-0.4, -0.2) is 49.5 Å². The number of aliphatic hydroxyl groups is 1. The molecule has 0 radical (unpaired) electrons. The molecule has 1 atom stereocenters. The SMILES string of the molecule is CCCn1c(=O)c2ccccc2n2c(SCC(O)COc3ccc4c(c3)OCO4)nnc12. The second kappa shape index (κ2) is 8.71. The van der Waals surface area contributed by atoms with Crippen LogP contribution in [0.1, 0.15) is 13.3 Å². The lowest BCUT2D eigenvalue weighted by Gasteiger charge is -2.13. The van der Waals surface area contributed by atoms with Crippen LogP contribution in [0.4, 0.5) is 0 Å². The van der Waals surface area contributed by atoms with E-state index < -0.39 is 6.10 Å². The van der Waals surface area contributed by atoms with Crippen molar-refractivity contribution in [3.05, 3.63) is 52.8 Å². The maximum absolute atomic E-state index is 12.9. The molecule has 5 rings (SSSR count). The Kier molecular flexibility index (Phi) is 5.62. The summed E-state index contributed by atoms with van der Waals surface area (Å²) < 4.78 is 19.9. The highest BCUT2D eigenvalue weighted by molar-refractivity contribution is 7.99. The van der Waals surface area contributed by atoms with Crippen molar-refractivity contribution in [1.29, 1.82) is 0 Å². The van der Waals surface area contributed by atoms with Gasteiger partial charge in [0.25, 0.3) is 5.56 Å². The molecule has 0 amide bonds. The number of para-hydroxylation sites is 1. The van der Waals surface area contributed by atoms with Gasteiger partial charge in [0.05, 0.1) is 17.0 Å². The van der Waals surface area contributed by atoms with Gasteiger partial charge in [-0.25, -0.2) is 0 Å². The number of aromatic nitrogens is 4. The summed E-state index contributed by atoms with van der Waals surface area (Å²) in [5.74, 6) is 2.77. The fourth-order valence-electron chi connectivity index (χ4n) is 3.63. The highest BCUT2D eigenvalue weighted by Crippen LogP contribution is 2.35. The molecular formula is C22H22N4O5S. The highest BCUT2D eigenvalue weighted by atomic mass is 32.2. The van der Waals surface area contributed by atoms with Crippen molar-refractivity contribution in [1.82, 2.24) is 19.2 Å². The molecule has 32 heavy (non-hydrogen) atoms. The summed E-state index contributed by atoms with van der Waals surface area (Å²) in [5.41, 5.74) is 0.675. The van der Waals surface area contributed by atoms with E-state index in [4.69, 9.17) is 14.2 Å². The zero-order valence-electron chi connectivity index (χ0n) is 17.4. The fraction of sp³-hybridized carbons (Fsp3) is 0.318. The molecule has 10 heteroatoms. The summed E-state index contributed by atoms with van der Waals surface area (Å²) in [7, 11) is 0. The Bertz CT molecular complexity index is 1340. The van der Waals surface area contributed by atoms with Crippen molar-refractivity contribution in [3.63, 3.8) is 0 Å². The van der Waals surface area contributed by atoms with Gasteiger partial charge in [-0.3, -0.25) is 13.8 Å². The number of fused-ring (bicyclic) bond motifs is 4. The van der Waals surface area contributed by atoms with Crippen LogP contribution < -0.4 is 19.8 Å². The molecule has 9 nitrogen and oxygen atoms in total. The molecule has 0 fully saturated rings. The van der Waals surface area contributed by atoms with Gasteiger partial charge in [-0.15, -0.1) is 10.2 Å². The smallest absolute Gasteiger partial charge is 0.262 e. The lowest BCUT2D eigenvalue weighted by atomic mass is 10.2. The molecule has 2 aromatic carbocycles. The number of ether oxygens (including phenoxy) is 3. The summed E-state index contributed by atoms with van der Waals surface area (Å²) in [5, 5.41) is 20.2. The van der Waals surface area contributed by atoms with Crippen molar-refractivity contribution in [2.24, 2.45) is 0 Å². The number of aryl methyl sites for hydroxylation is 1. The van der Waals surface area contributed by atoms with E-state index >= 15 is 0 Å². The van der Waals surface area contributed by atoms with Gasteiger partial charge in [-0.2, -0.15) is 0 Å². The van der Waals surface area contributed by atoms with Gasteiger partial charge in [0.2, 0.25) is 12.6 Å². The predicted molar refractivity (Wildman–Crippen MR) is 120 cm³/mol. The summed E-state index contributed by atoms with van der Waals surface area (Å²) in [6.07, 6.45) is 0.0738. The minimum absolute atomic E-state index is 0.0731. The number of hydrogen-bond acceptors (Lipinski definition) is 8. The first-order valence-corrected chi connectivity index (χ1v) is 11.3. The zero-order valence-corrected chi connectivity index (χ0v) is 18.2. The van der Waals surface area contributed by atoms with Crippen LogP contribution in [-0.2, 0) is 6.54 Å². The van der Waals surface area contributed by atoms with Gasteiger partial charge in [-0.1, -0.05) is 30.8 Å². The molecule has 0 aliphatic carbocycles. The molecule has 1 aliphatic heterocycles. The summed E-state index contributed by atoms with van der Waals surface area (Å²) in [6, 6.07) is 12.7. The van der Waals surface area contributed by atoms with Gasteiger partial charge in [0.1, 0.15) is 12.4 Å². The van der Waals surface area contributed by atoms with E-state index in [1.807, 2.05) is 35.6 Å². The second-order valence-electron chi connectivity index (χ2n) is 7.38. The molecule has 4 aromatic rings. The molecule has 1 N–H and O–H groups in total. The van der Waals surface area contributed by atoms with Gasteiger partial charge >= 0.3 is 0 Å². The van der Waals surface area contributed by atoms with Crippen LogP contribution in [0.3, 0.4) is 0 Å². The molecular weight excluding hydrogens is 432 g/mol. The third kappa shape index (κ3) is 3.76. The molecule has 166 valence electrons. The van der Waals surface area contributed by atoms with E-state index in [2.05, 4.69) is 10.2 Å². The average Bonchev–Trinajstić information content (AvgIpc) is 3.45. The van der Waals surface area contributed by atoms with Crippen LogP contribution >= 0.6 is 11.8 Å². The Balaban J connectivity index is 1.33. The van der Waals surface area contributed by atoms with Crippen molar-refractivity contribution < 1.29 is 19.3 Å². The van der Waals surface area contributed by atoms with Gasteiger partial charge in [0.15, 0.2) is 16.7 Å². The summed E-state index contributed by atoms with van der Waals surface area (Å²) in [4.78, 5) is 12.9. The monoisotopic (exact) mass is 454 g/mol. The van der Waals surface area contributed by atoms with Gasteiger partial charge in [-0.05, 0) is 30.7 Å². The quantitative estimate of drug-likeness (QED) is 0.406. The van der Waals surface area contributed by atoms with E-state index in [9.17, 15) is 9.90 Å². The zero-order chi connectivity index (χ0) is 22.1. The maximum Gasteiger partial charge on any atom is 0.262 e. The predicted octanol–water partition coefficient (Wildman–Crippen LogP) is 2.71. The second-order valence-corrected chi connectivity index (χ2v) is 8.37. The van der Waals surface area contributed by atoms with Crippen molar-refractivity contribution in [2.45, 2.75) is 31.1 Å². The van der Waals surface area contributed by atoms with E-state index in [1.54, 1.807) is 22.8 Å². The largest absolute Gasteiger partial charge is 0.491 e. The van der Waals surface area contributed by atoms with Crippen LogP contribution in [0.2, 0.25) is 0 Å². The van der Waals surface area contributed by atoms with Crippen LogP contribution in [0, 0.1) is 0 Å². The van der Waals surface area contributed by atoms with Gasteiger partial charge in [0, 0.05) is 18.4 Å². The summed E-state index contributed by atoms with van der Waals surface area (Å²) in [6.45, 7) is 2.89. The molecule has 0 saturated carbocycles. The number of thioether (sulfide) groups is 1. The Hall–Kier alpha value is -3.24. The molecule has 1 aliphatic rings. The topological polar surface area (TPSA) is 100 Å². The first-order valence-electron chi connectivity index (χ1n) is 10.4. The standard InChI is InChI=1S/C22H22N4O5S/c1-2-9-25-20(28)16-5-3-4-6-17(16)26-21(25)23-24-22(26)32-12-14(27)11-29-15-7-8-18-19(10-15)31-13-30-18/h3-8,10,14,27H,2,9,11-13H2,1H3. The first-order chi connectivity index (χ1) is 15.7. The molecule has 0 spiro atoms. The number of benzene rings is 2.